The van der Waals surface area contributed by atoms with Crippen molar-refractivity contribution in [2.75, 3.05) is 5.43 Å². The molecular formula is C15H18N8O4S. The monoisotopic (exact) mass is 406 g/mol. The minimum Gasteiger partial charge on any atom is -0.494 e. The second-order valence-corrected chi connectivity index (χ2v) is 6.55. The lowest BCUT2D eigenvalue weighted by Crippen LogP contribution is -2.37. The smallest absolute Gasteiger partial charge is 0.332 e. The maximum absolute atomic E-state index is 12.4. The van der Waals surface area contributed by atoms with Crippen LogP contribution in [0.15, 0.2) is 19.5 Å². The van der Waals surface area contributed by atoms with Gasteiger partial charge in [-0.05, 0) is 12.2 Å². The molecular weight excluding hydrogens is 388 g/mol. The van der Waals surface area contributed by atoms with Crippen LogP contribution in [0.3, 0.4) is 0 Å². The summed E-state index contributed by atoms with van der Waals surface area (Å²) >= 11 is 5.05. The Morgan fingerprint density at radius 3 is 2.25 bits per heavy atom. The van der Waals surface area contributed by atoms with E-state index in [0.717, 1.165) is 10.8 Å². The Hall–Kier alpha value is -3.48. The highest BCUT2D eigenvalue weighted by Gasteiger charge is 2.17. The molecule has 3 aromatic rings. The highest BCUT2D eigenvalue weighted by molar-refractivity contribution is 7.71. The second-order valence-electron chi connectivity index (χ2n) is 6.19. The molecule has 0 unspecified atom stereocenters. The van der Waals surface area contributed by atoms with E-state index < -0.39 is 16.8 Å². The van der Waals surface area contributed by atoms with E-state index >= 15 is 0 Å². The molecule has 0 fully saturated rings. The van der Waals surface area contributed by atoms with E-state index in [0.29, 0.717) is 0 Å². The molecule has 12 nitrogen and oxygen atoms in total. The molecule has 0 saturated heterocycles. The quantitative estimate of drug-likeness (QED) is 0.320. The SMILES string of the molecule is Cn1c(O)c(/C=N\Nc2nc3c(c(=O)n(C)c(=O)n3C)n2C)c(=O)n(C)c1=S. The van der Waals surface area contributed by atoms with Crippen molar-refractivity contribution in [2.45, 2.75) is 0 Å². The molecule has 148 valence electrons. The standard InChI is InChI=1S/C15H18N8O4S/c1-19-8-9(20(2)14(27)21(3)12(8)26)17-13(19)18-16-6-7-10(24)22(4)15(28)23(5)11(7)25/h6,24H,1-5H3,(H,17,18)/b16-6-. The maximum Gasteiger partial charge on any atom is 0.332 e. The molecule has 0 aromatic carbocycles. The number of hydrogen-bond acceptors (Lipinski definition) is 8. The first-order valence-corrected chi connectivity index (χ1v) is 8.39. The van der Waals surface area contributed by atoms with E-state index in [1.54, 1.807) is 7.05 Å². The van der Waals surface area contributed by atoms with Crippen LogP contribution in [0.5, 0.6) is 5.88 Å². The van der Waals surface area contributed by atoms with Gasteiger partial charge in [0.15, 0.2) is 15.9 Å². The molecule has 0 radical (unpaired) electrons. The first-order valence-electron chi connectivity index (χ1n) is 7.98. The van der Waals surface area contributed by atoms with Crippen molar-refractivity contribution >= 4 is 35.5 Å². The topological polar surface area (TPSA) is 133 Å². The lowest BCUT2D eigenvalue weighted by atomic mass is 10.3. The van der Waals surface area contributed by atoms with Crippen LogP contribution >= 0.6 is 12.2 Å². The summed E-state index contributed by atoms with van der Waals surface area (Å²) in [5.74, 6) is -0.162. The molecule has 0 spiro atoms. The molecule has 0 saturated carbocycles. The van der Waals surface area contributed by atoms with Gasteiger partial charge in [0.05, 0.1) is 6.21 Å². The number of fused-ring (bicyclic) bond motifs is 1. The van der Waals surface area contributed by atoms with E-state index in [9.17, 15) is 19.5 Å². The van der Waals surface area contributed by atoms with Crippen LogP contribution < -0.4 is 22.2 Å². The van der Waals surface area contributed by atoms with E-state index in [2.05, 4.69) is 15.5 Å². The van der Waals surface area contributed by atoms with Crippen molar-refractivity contribution in [3.63, 3.8) is 0 Å². The third kappa shape index (κ3) is 2.67. The zero-order valence-corrected chi connectivity index (χ0v) is 16.6. The van der Waals surface area contributed by atoms with Gasteiger partial charge in [0, 0.05) is 35.2 Å². The highest BCUT2D eigenvalue weighted by atomic mass is 32.1. The van der Waals surface area contributed by atoms with Gasteiger partial charge in [0.2, 0.25) is 11.8 Å². The van der Waals surface area contributed by atoms with Gasteiger partial charge in [0.25, 0.3) is 11.1 Å². The van der Waals surface area contributed by atoms with Crippen LogP contribution in [0, 0.1) is 4.77 Å². The van der Waals surface area contributed by atoms with Crippen molar-refractivity contribution in [2.24, 2.45) is 40.3 Å². The summed E-state index contributed by atoms with van der Waals surface area (Å²) in [4.78, 5) is 40.9. The average Bonchev–Trinajstić information content (AvgIpc) is 3.00. The lowest BCUT2D eigenvalue weighted by molar-refractivity contribution is 0.415. The van der Waals surface area contributed by atoms with Gasteiger partial charge >= 0.3 is 5.69 Å². The number of aromatic nitrogens is 6. The number of rotatable bonds is 3. The zero-order chi connectivity index (χ0) is 20.9. The summed E-state index contributed by atoms with van der Waals surface area (Å²) in [5, 5.41) is 14.1. The van der Waals surface area contributed by atoms with Crippen molar-refractivity contribution in [3.8, 4) is 5.88 Å². The summed E-state index contributed by atoms with van der Waals surface area (Å²) in [6.45, 7) is 0. The third-order valence-electron chi connectivity index (χ3n) is 4.50. The lowest BCUT2D eigenvalue weighted by Gasteiger charge is -2.09. The van der Waals surface area contributed by atoms with Gasteiger partial charge in [-0.1, -0.05) is 0 Å². The molecule has 28 heavy (non-hydrogen) atoms. The van der Waals surface area contributed by atoms with Gasteiger partial charge < -0.3 is 9.67 Å². The number of hydrazone groups is 1. The molecule has 0 aliphatic heterocycles. The fourth-order valence-electron chi connectivity index (χ4n) is 2.75. The van der Waals surface area contributed by atoms with Crippen LogP contribution in [0.1, 0.15) is 5.56 Å². The molecule has 0 amide bonds. The normalized spacial score (nSPS) is 11.6. The van der Waals surface area contributed by atoms with Crippen molar-refractivity contribution in [1.82, 2.24) is 27.8 Å². The molecule has 2 N–H and O–H groups in total. The number of imidazole rings is 1. The Morgan fingerprint density at radius 2 is 1.61 bits per heavy atom. The molecule has 0 atom stereocenters. The first-order chi connectivity index (χ1) is 13.1. The van der Waals surface area contributed by atoms with Crippen LogP contribution in [-0.2, 0) is 35.2 Å². The second kappa shape index (κ2) is 6.60. The first kappa shape index (κ1) is 19.3. The van der Waals surface area contributed by atoms with Gasteiger partial charge in [-0.25, -0.2) is 10.2 Å². The van der Waals surface area contributed by atoms with E-state index in [-0.39, 0.29) is 33.3 Å². The Labute approximate surface area is 162 Å². The summed E-state index contributed by atoms with van der Waals surface area (Å²) in [5.41, 5.74) is 1.42. The van der Waals surface area contributed by atoms with Crippen LogP contribution in [0.25, 0.3) is 11.2 Å². The number of aryl methyl sites for hydroxylation is 2. The van der Waals surface area contributed by atoms with Gasteiger partial charge in [0.1, 0.15) is 5.56 Å². The summed E-state index contributed by atoms with van der Waals surface area (Å²) in [6.07, 6.45) is 1.13. The van der Waals surface area contributed by atoms with Gasteiger partial charge in [-0.2, -0.15) is 10.1 Å². The molecule has 3 heterocycles. The number of aromatic hydroxyl groups is 1. The van der Waals surface area contributed by atoms with Crippen LogP contribution in [-0.4, -0.2) is 39.1 Å². The Balaban J connectivity index is 2.08. The van der Waals surface area contributed by atoms with Crippen LogP contribution in [0.4, 0.5) is 5.95 Å². The molecule has 0 aliphatic rings. The molecule has 0 bridgehead atoms. The minimum absolute atomic E-state index is 0.0758. The van der Waals surface area contributed by atoms with E-state index in [4.69, 9.17) is 12.2 Å². The third-order valence-corrected chi connectivity index (χ3v) is 5.05. The Morgan fingerprint density at radius 1 is 0.964 bits per heavy atom. The molecule has 0 aliphatic carbocycles. The van der Waals surface area contributed by atoms with E-state index in [1.165, 1.54) is 46.5 Å². The summed E-state index contributed by atoms with van der Waals surface area (Å²) in [6, 6.07) is 0. The Kier molecular flexibility index (Phi) is 4.54. The highest BCUT2D eigenvalue weighted by Crippen LogP contribution is 2.14. The van der Waals surface area contributed by atoms with Crippen molar-refractivity contribution < 1.29 is 5.11 Å². The number of nitrogens with zero attached hydrogens (tertiary/aromatic N) is 7. The molecule has 13 heteroatoms. The van der Waals surface area contributed by atoms with Gasteiger partial charge in [-0.3, -0.25) is 27.9 Å². The van der Waals surface area contributed by atoms with Crippen molar-refractivity contribution in [3.05, 3.63) is 41.5 Å². The number of anilines is 1. The molecule has 3 rings (SSSR count). The van der Waals surface area contributed by atoms with Crippen LogP contribution in [0.2, 0.25) is 0 Å². The predicted molar refractivity (Wildman–Crippen MR) is 106 cm³/mol. The fraction of sp³-hybridized carbons (Fsp3) is 0.333. The number of nitrogens with one attached hydrogen (secondary N) is 1. The van der Waals surface area contributed by atoms with E-state index in [1.807, 2.05) is 0 Å². The largest absolute Gasteiger partial charge is 0.494 e. The minimum atomic E-state index is -0.521. The Bertz CT molecular complexity index is 1380. The maximum atomic E-state index is 12.4. The van der Waals surface area contributed by atoms with Crippen molar-refractivity contribution in [1.29, 1.82) is 0 Å². The predicted octanol–water partition coefficient (Wildman–Crippen LogP) is -1.11. The zero-order valence-electron chi connectivity index (χ0n) is 15.8. The molecule has 3 aromatic heterocycles. The number of hydrogen-bond donors (Lipinski definition) is 2. The van der Waals surface area contributed by atoms with Gasteiger partial charge in [-0.15, -0.1) is 0 Å². The fourth-order valence-corrected chi connectivity index (χ4v) is 2.91. The average molecular weight is 406 g/mol. The summed E-state index contributed by atoms with van der Waals surface area (Å²) < 4.78 is 6.29. The summed E-state index contributed by atoms with van der Waals surface area (Å²) in [7, 11) is 7.47.